The Morgan fingerprint density at radius 2 is 0.971 bits per heavy atom. The minimum atomic E-state index is -4.93. The van der Waals surface area contributed by atoms with E-state index in [1.54, 1.807) is 13.8 Å². The van der Waals surface area contributed by atoms with Gasteiger partial charge in [0, 0.05) is 74.5 Å². The molecule has 0 saturated heterocycles. The third-order valence-corrected chi connectivity index (χ3v) is 9.02. The molecule has 3 aromatic carbocycles. The van der Waals surface area contributed by atoms with Crippen molar-refractivity contribution in [1.29, 1.82) is 0 Å². The van der Waals surface area contributed by atoms with Crippen LogP contribution in [0.2, 0.25) is 0 Å². The molecule has 1 atom stereocenters. The number of nitrogens with zero attached hydrogens (tertiary/aromatic N) is 7. The smallest absolute Gasteiger partial charge is 0.417 e. The average Bonchev–Trinajstić information content (AvgIpc) is 3.25. The Kier molecular flexibility index (Phi) is 21.4. The summed E-state index contributed by atoms with van der Waals surface area (Å²) in [6.45, 7) is 5.26. The van der Waals surface area contributed by atoms with Gasteiger partial charge in [-0.15, -0.1) is 23.2 Å². The van der Waals surface area contributed by atoms with Crippen LogP contribution in [0.25, 0.3) is 0 Å². The summed E-state index contributed by atoms with van der Waals surface area (Å²) in [7, 11) is 0. The van der Waals surface area contributed by atoms with Crippen molar-refractivity contribution in [2.45, 2.75) is 58.2 Å². The second-order valence-electron chi connectivity index (χ2n) is 13.7. The van der Waals surface area contributed by atoms with Crippen LogP contribution in [-0.2, 0) is 23.3 Å². The highest BCUT2D eigenvalue weighted by Gasteiger charge is 2.40. The van der Waals surface area contributed by atoms with Crippen LogP contribution in [0.5, 0.6) is 17.4 Å². The summed E-state index contributed by atoms with van der Waals surface area (Å²) in [6.07, 6.45) is -13.7. The van der Waals surface area contributed by atoms with Crippen molar-refractivity contribution >= 4 is 63.3 Å². The highest BCUT2D eigenvalue weighted by molar-refractivity contribution is 6.18. The van der Waals surface area contributed by atoms with E-state index in [1.807, 2.05) is 0 Å². The first-order chi connectivity index (χ1) is 32.0. The van der Waals surface area contributed by atoms with Crippen LogP contribution in [0, 0.1) is 40.5 Å². The highest BCUT2D eigenvalue weighted by atomic mass is 35.5. The molecule has 1 N–H and O–H groups in total. The maximum atomic E-state index is 12.8. The molecule has 0 aliphatic carbocycles. The molecule has 0 saturated carbocycles. The van der Waals surface area contributed by atoms with Crippen molar-refractivity contribution in [3.63, 3.8) is 0 Å². The van der Waals surface area contributed by atoms with Gasteiger partial charge in [0.25, 0.3) is 22.7 Å². The zero-order chi connectivity index (χ0) is 52.6. The van der Waals surface area contributed by atoms with Gasteiger partial charge in [-0.25, -0.2) is 9.78 Å². The molecule has 1 heterocycles. The van der Waals surface area contributed by atoms with Crippen LogP contribution in [0.3, 0.4) is 0 Å². The number of hydrogen-bond donors (Lipinski definition) is 1. The highest BCUT2D eigenvalue weighted by Crippen LogP contribution is 2.45. The van der Waals surface area contributed by atoms with Crippen molar-refractivity contribution < 1.29 is 78.6 Å². The molecule has 4 rings (SSSR count). The first kappa shape index (κ1) is 58.2. The molecule has 4 aromatic rings. The van der Waals surface area contributed by atoms with E-state index in [1.165, 1.54) is 41.0 Å². The summed E-state index contributed by atoms with van der Waals surface area (Å²) >= 11 is 11.2. The van der Waals surface area contributed by atoms with Crippen molar-refractivity contribution in [3.05, 3.63) is 124 Å². The molecule has 0 amide bonds. The number of aromatic nitrogens is 1. The predicted molar refractivity (Wildman–Crippen MR) is 229 cm³/mol. The molecule has 0 fully saturated rings. The SMILES string of the molecule is CCCN(CCCl)c1c([N+](=O)[O-])cc(C(F)(F)F)cc1[N+](=O)[O-].CCCN(CCCl)c1c([N+](=O)[O-])cc(C(F)(F)F)cc1[N+](=O)[O-].C[C@@H](Oc1ccc(Oc2ccc(C(F)(F)F)cn2)cc1)C(=O)O. The number of halogens is 11. The molecule has 0 unspecified atom stereocenters. The number of carbonyl (C=O) groups is 1. The van der Waals surface area contributed by atoms with E-state index in [0.29, 0.717) is 54.8 Å². The summed E-state index contributed by atoms with van der Waals surface area (Å²) in [4.78, 5) is 57.1. The zero-order valence-corrected chi connectivity index (χ0v) is 37.3. The van der Waals surface area contributed by atoms with Gasteiger partial charge in [0.2, 0.25) is 5.88 Å². The molecule has 0 spiro atoms. The van der Waals surface area contributed by atoms with Gasteiger partial charge in [-0.05, 0) is 50.1 Å². The molecular weight excluding hydrogens is 1000 g/mol. The van der Waals surface area contributed by atoms with Gasteiger partial charge in [-0.1, -0.05) is 13.8 Å². The topological polar surface area (TPSA) is 248 Å². The van der Waals surface area contributed by atoms with Crippen molar-refractivity contribution in [3.8, 4) is 17.4 Å². The Bertz CT molecular complexity index is 2230. The zero-order valence-electron chi connectivity index (χ0n) is 35.8. The van der Waals surface area contributed by atoms with Crippen molar-refractivity contribution in [2.75, 3.05) is 47.7 Å². The fraction of sp³-hybridized carbons (Fsp3) is 0.385. The number of pyridine rings is 1. The number of nitro groups is 4. The molecule has 378 valence electrons. The first-order valence-electron chi connectivity index (χ1n) is 19.4. The van der Waals surface area contributed by atoms with E-state index in [4.69, 9.17) is 37.8 Å². The fourth-order valence-electron chi connectivity index (χ4n) is 5.72. The fourth-order valence-corrected chi connectivity index (χ4v) is 6.13. The van der Waals surface area contributed by atoms with Crippen LogP contribution < -0.4 is 19.3 Å². The largest absolute Gasteiger partial charge is 0.479 e. The van der Waals surface area contributed by atoms with Crippen LogP contribution in [0.1, 0.15) is 50.3 Å². The van der Waals surface area contributed by atoms with Gasteiger partial charge >= 0.3 is 24.5 Å². The van der Waals surface area contributed by atoms with Crippen molar-refractivity contribution in [2.24, 2.45) is 0 Å². The van der Waals surface area contributed by atoms with Crippen molar-refractivity contribution in [1.82, 2.24) is 4.98 Å². The van der Waals surface area contributed by atoms with E-state index in [9.17, 15) is 84.8 Å². The number of rotatable bonds is 19. The van der Waals surface area contributed by atoms with Gasteiger partial charge in [-0.3, -0.25) is 40.5 Å². The minimum Gasteiger partial charge on any atom is -0.479 e. The summed E-state index contributed by atoms with van der Waals surface area (Å²) in [5.74, 6) is -0.421. The lowest BCUT2D eigenvalue weighted by Gasteiger charge is -2.23. The van der Waals surface area contributed by atoms with E-state index >= 15 is 0 Å². The summed E-state index contributed by atoms with van der Waals surface area (Å²) in [6, 6.07) is 9.15. The number of hydrogen-bond acceptors (Lipinski definition) is 14. The number of alkyl halides is 11. The molecule has 30 heteroatoms. The Hall–Kier alpha value is -6.97. The quantitative estimate of drug-likeness (QED) is 0.0397. The Labute approximate surface area is 393 Å². The number of aliphatic carboxylic acids is 1. The van der Waals surface area contributed by atoms with Crippen LogP contribution in [0.15, 0.2) is 66.9 Å². The number of anilines is 2. The second kappa shape index (κ2) is 25.4. The molecule has 0 aliphatic heterocycles. The molecule has 69 heavy (non-hydrogen) atoms. The van der Waals surface area contributed by atoms with E-state index < -0.39 is 101 Å². The van der Waals surface area contributed by atoms with Gasteiger partial charge in [0.1, 0.15) is 11.5 Å². The van der Waals surface area contributed by atoms with Gasteiger partial charge in [0.15, 0.2) is 17.5 Å². The summed E-state index contributed by atoms with van der Waals surface area (Å²) < 4.78 is 125. The third kappa shape index (κ3) is 17.3. The van der Waals surface area contributed by atoms with Gasteiger partial charge < -0.3 is 24.4 Å². The first-order valence-corrected chi connectivity index (χ1v) is 20.5. The number of carboxylic acid groups (broad SMARTS) is 1. The van der Waals surface area contributed by atoms with E-state index in [0.717, 1.165) is 12.1 Å². The summed E-state index contributed by atoms with van der Waals surface area (Å²) in [5.41, 5.74) is -8.54. The normalized spacial score (nSPS) is 11.7. The Morgan fingerprint density at radius 1 is 0.623 bits per heavy atom. The summed E-state index contributed by atoms with van der Waals surface area (Å²) in [5, 5.41) is 53.3. The monoisotopic (exact) mass is 1040 g/mol. The maximum absolute atomic E-state index is 12.8. The number of carboxylic acids is 1. The Balaban J connectivity index is 0.000000355. The predicted octanol–water partition coefficient (Wildman–Crippen LogP) is 11.7. The van der Waals surface area contributed by atoms with Gasteiger partial charge in [0.05, 0.1) is 36.4 Å². The molecule has 1 aromatic heterocycles. The minimum absolute atomic E-state index is 0.00516. The number of ether oxygens (including phenoxy) is 2. The van der Waals surface area contributed by atoms with Crippen LogP contribution in [0.4, 0.5) is 73.6 Å². The van der Waals surface area contributed by atoms with Crippen LogP contribution >= 0.6 is 23.2 Å². The van der Waals surface area contributed by atoms with E-state index in [-0.39, 0.29) is 43.8 Å². The number of nitro benzene ring substituents is 4. The van der Waals surface area contributed by atoms with Gasteiger partial charge in [-0.2, -0.15) is 39.5 Å². The number of benzene rings is 3. The third-order valence-electron chi connectivity index (χ3n) is 8.68. The standard InChI is InChI=1S/C15H12F3NO4.2C12H13ClF3N3O4/c1-9(14(20)21)22-11-3-5-12(6-4-11)23-13-7-2-10(8-19-13)15(16,17)18;2*1-2-4-17(5-3-13)11-9(18(20)21)6-8(12(14,15)16)7-10(11)19(22)23/h2-9H,1H3,(H,20,21);2*6-7H,2-5H2,1H3/t9-;;/m1../s1. The average molecular weight is 1040 g/mol. The maximum Gasteiger partial charge on any atom is 0.417 e. The van der Waals surface area contributed by atoms with Crippen LogP contribution in [-0.4, -0.2) is 79.8 Å². The lowest BCUT2D eigenvalue weighted by molar-refractivity contribution is -0.393. The molecule has 19 nitrogen and oxygen atoms in total. The Morgan fingerprint density at radius 3 is 1.23 bits per heavy atom. The lowest BCUT2D eigenvalue weighted by atomic mass is 10.1. The molecule has 0 radical (unpaired) electrons. The second-order valence-corrected chi connectivity index (χ2v) is 14.4. The lowest BCUT2D eigenvalue weighted by Crippen LogP contribution is -2.28. The molecular formula is C39H38Cl2F9N7O12. The van der Waals surface area contributed by atoms with E-state index in [2.05, 4.69) is 4.98 Å². The molecule has 0 bridgehead atoms. The molecule has 0 aliphatic rings.